The van der Waals surface area contributed by atoms with Crippen molar-refractivity contribution in [2.24, 2.45) is 0 Å². The zero-order valence-corrected chi connectivity index (χ0v) is 7.60. The molecule has 13 heavy (non-hydrogen) atoms. The van der Waals surface area contributed by atoms with Gasteiger partial charge < -0.3 is 14.3 Å². The summed E-state index contributed by atoms with van der Waals surface area (Å²) in [6, 6.07) is 2.05. The SMILES string of the molecule is C[C@H]1O[C@H](CC#N)C[C@H](CC=O)O1. The zero-order chi connectivity index (χ0) is 9.68. The predicted molar refractivity (Wildman–Crippen MR) is 44.7 cm³/mol. The third kappa shape index (κ3) is 3.13. The lowest BCUT2D eigenvalue weighted by Crippen LogP contribution is -2.36. The molecule has 1 aliphatic rings. The van der Waals surface area contributed by atoms with Gasteiger partial charge in [-0.05, 0) is 6.92 Å². The summed E-state index contributed by atoms with van der Waals surface area (Å²) in [5.41, 5.74) is 0. The molecule has 0 aromatic heterocycles. The molecule has 4 nitrogen and oxygen atoms in total. The third-order valence-corrected chi connectivity index (χ3v) is 1.97. The van der Waals surface area contributed by atoms with Crippen molar-refractivity contribution in [1.82, 2.24) is 0 Å². The van der Waals surface area contributed by atoms with Crippen LogP contribution in [-0.2, 0) is 14.3 Å². The van der Waals surface area contributed by atoms with E-state index in [1.54, 1.807) is 6.92 Å². The van der Waals surface area contributed by atoms with Gasteiger partial charge in [-0.25, -0.2) is 0 Å². The number of hydrogen-bond donors (Lipinski definition) is 0. The minimum atomic E-state index is -0.308. The highest BCUT2D eigenvalue weighted by Gasteiger charge is 2.26. The first-order valence-corrected chi connectivity index (χ1v) is 4.37. The summed E-state index contributed by atoms with van der Waals surface area (Å²) in [5, 5.41) is 8.48. The minimum Gasteiger partial charge on any atom is -0.349 e. The molecular weight excluding hydrogens is 170 g/mol. The van der Waals surface area contributed by atoms with Gasteiger partial charge in [0.15, 0.2) is 6.29 Å². The van der Waals surface area contributed by atoms with E-state index in [9.17, 15) is 4.79 Å². The van der Waals surface area contributed by atoms with Crippen LogP contribution in [0, 0.1) is 11.3 Å². The Bertz CT molecular complexity index is 211. The molecular formula is C9H13NO3. The van der Waals surface area contributed by atoms with E-state index < -0.39 is 0 Å². The number of ether oxygens (including phenoxy) is 2. The van der Waals surface area contributed by atoms with Crippen LogP contribution in [0.25, 0.3) is 0 Å². The number of carbonyl (C=O) groups excluding carboxylic acids is 1. The fourth-order valence-electron chi connectivity index (χ4n) is 1.47. The second-order valence-electron chi connectivity index (χ2n) is 3.08. The second-order valence-corrected chi connectivity index (χ2v) is 3.08. The number of carbonyl (C=O) groups is 1. The van der Waals surface area contributed by atoms with E-state index in [4.69, 9.17) is 14.7 Å². The summed E-state index contributed by atoms with van der Waals surface area (Å²) in [4.78, 5) is 10.3. The molecule has 0 N–H and O–H groups in total. The summed E-state index contributed by atoms with van der Waals surface area (Å²) in [5.74, 6) is 0. The Labute approximate surface area is 77.4 Å². The van der Waals surface area contributed by atoms with Gasteiger partial charge in [-0.2, -0.15) is 5.26 Å². The summed E-state index contributed by atoms with van der Waals surface area (Å²) < 4.78 is 10.7. The maximum Gasteiger partial charge on any atom is 0.155 e. The van der Waals surface area contributed by atoms with E-state index in [0.717, 1.165) is 6.29 Å². The largest absolute Gasteiger partial charge is 0.349 e. The van der Waals surface area contributed by atoms with Crippen LogP contribution in [0.3, 0.4) is 0 Å². The predicted octanol–water partition coefficient (Wildman–Crippen LogP) is 1.01. The Morgan fingerprint density at radius 1 is 1.54 bits per heavy atom. The average molecular weight is 183 g/mol. The average Bonchev–Trinajstić information content (AvgIpc) is 2.04. The van der Waals surface area contributed by atoms with E-state index in [1.807, 2.05) is 0 Å². The molecule has 0 aromatic rings. The minimum absolute atomic E-state index is 0.0837. The van der Waals surface area contributed by atoms with E-state index in [1.165, 1.54) is 0 Å². The van der Waals surface area contributed by atoms with Gasteiger partial charge in [0.25, 0.3) is 0 Å². The molecule has 0 radical (unpaired) electrons. The number of nitrogens with zero attached hydrogens (tertiary/aromatic N) is 1. The Morgan fingerprint density at radius 2 is 2.23 bits per heavy atom. The van der Waals surface area contributed by atoms with Gasteiger partial charge in [-0.3, -0.25) is 0 Å². The van der Waals surface area contributed by atoms with Crippen LogP contribution < -0.4 is 0 Å². The van der Waals surface area contributed by atoms with Crippen LogP contribution in [0.15, 0.2) is 0 Å². The molecule has 72 valence electrons. The Hall–Kier alpha value is -0.920. The zero-order valence-electron chi connectivity index (χ0n) is 7.60. The van der Waals surface area contributed by atoms with Gasteiger partial charge in [0.05, 0.1) is 24.7 Å². The van der Waals surface area contributed by atoms with Gasteiger partial charge in [-0.1, -0.05) is 0 Å². The number of hydrogen-bond acceptors (Lipinski definition) is 4. The lowest BCUT2D eigenvalue weighted by molar-refractivity contribution is -0.231. The van der Waals surface area contributed by atoms with E-state index in [-0.39, 0.29) is 18.5 Å². The summed E-state index contributed by atoms with van der Waals surface area (Å²) in [6.07, 6.45) is 1.75. The number of rotatable bonds is 3. The van der Waals surface area contributed by atoms with Gasteiger partial charge in [0.1, 0.15) is 6.29 Å². The molecule has 1 aliphatic heterocycles. The van der Waals surface area contributed by atoms with Crippen LogP contribution in [0.2, 0.25) is 0 Å². The Morgan fingerprint density at radius 3 is 2.85 bits per heavy atom. The van der Waals surface area contributed by atoms with Crippen LogP contribution in [0.5, 0.6) is 0 Å². The Balaban J connectivity index is 2.43. The molecule has 0 unspecified atom stereocenters. The molecule has 1 saturated heterocycles. The normalized spacial score (nSPS) is 33.7. The maximum atomic E-state index is 10.3. The molecule has 0 amide bonds. The van der Waals surface area contributed by atoms with Crippen molar-refractivity contribution in [3.63, 3.8) is 0 Å². The van der Waals surface area contributed by atoms with Crippen LogP contribution in [0.1, 0.15) is 26.2 Å². The van der Waals surface area contributed by atoms with E-state index in [0.29, 0.717) is 19.3 Å². The highest BCUT2D eigenvalue weighted by Crippen LogP contribution is 2.21. The standard InChI is InChI=1S/C9H13NO3/c1-7-12-8(2-4-10)6-9(13-7)3-5-11/h5,7-9H,2-3,6H2,1H3/t7-,8+,9-/m0/s1. The van der Waals surface area contributed by atoms with Crippen LogP contribution in [-0.4, -0.2) is 24.8 Å². The Kier molecular flexibility index (Phi) is 3.87. The molecule has 0 saturated carbocycles. The van der Waals surface area contributed by atoms with Crippen molar-refractivity contribution in [3.8, 4) is 6.07 Å². The quantitative estimate of drug-likeness (QED) is 0.612. The lowest BCUT2D eigenvalue weighted by atomic mass is 10.1. The third-order valence-electron chi connectivity index (χ3n) is 1.97. The maximum absolute atomic E-state index is 10.3. The van der Waals surface area contributed by atoms with Crippen molar-refractivity contribution < 1.29 is 14.3 Å². The first kappa shape index (κ1) is 10.2. The van der Waals surface area contributed by atoms with E-state index >= 15 is 0 Å². The van der Waals surface area contributed by atoms with Gasteiger partial charge in [-0.15, -0.1) is 0 Å². The van der Waals surface area contributed by atoms with Crippen LogP contribution in [0.4, 0.5) is 0 Å². The molecule has 0 aromatic carbocycles. The molecule has 3 atom stereocenters. The first-order valence-electron chi connectivity index (χ1n) is 4.37. The first-order chi connectivity index (χ1) is 6.26. The fraction of sp³-hybridized carbons (Fsp3) is 0.778. The topological polar surface area (TPSA) is 59.3 Å². The van der Waals surface area contributed by atoms with Crippen molar-refractivity contribution in [2.45, 2.75) is 44.7 Å². The second kappa shape index (κ2) is 4.95. The van der Waals surface area contributed by atoms with Gasteiger partial charge in [0.2, 0.25) is 0 Å². The molecule has 1 rings (SSSR count). The summed E-state index contributed by atoms with van der Waals surface area (Å²) in [7, 11) is 0. The van der Waals surface area contributed by atoms with Crippen molar-refractivity contribution in [2.75, 3.05) is 0 Å². The number of aldehydes is 1. The summed E-state index contributed by atoms with van der Waals surface area (Å²) in [6.45, 7) is 1.78. The molecule has 0 aliphatic carbocycles. The molecule has 4 heteroatoms. The highest BCUT2D eigenvalue weighted by atomic mass is 16.7. The summed E-state index contributed by atoms with van der Waals surface area (Å²) >= 11 is 0. The highest BCUT2D eigenvalue weighted by molar-refractivity contribution is 5.50. The number of nitriles is 1. The molecule has 1 heterocycles. The van der Waals surface area contributed by atoms with Crippen molar-refractivity contribution in [1.29, 1.82) is 5.26 Å². The molecule has 0 spiro atoms. The smallest absolute Gasteiger partial charge is 0.155 e. The fourth-order valence-corrected chi connectivity index (χ4v) is 1.47. The molecule has 1 fully saturated rings. The van der Waals surface area contributed by atoms with Gasteiger partial charge >= 0.3 is 0 Å². The van der Waals surface area contributed by atoms with Crippen molar-refractivity contribution in [3.05, 3.63) is 0 Å². The van der Waals surface area contributed by atoms with Gasteiger partial charge in [0, 0.05) is 12.8 Å². The lowest BCUT2D eigenvalue weighted by Gasteiger charge is -2.32. The van der Waals surface area contributed by atoms with Crippen LogP contribution >= 0.6 is 0 Å². The van der Waals surface area contributed by atoms with E-state index in [2.05, 4.69) is 6.07 Å². The molecule has 0 bridgehead atoms. The van der Waals surface area contributed by atoms with Crippen molar-refractivity contribution >= 4 is 6.29 Å². The monoisotopic (exact) mass is 183 g/mol.